The maximum absolute atomic E-state index is 13.8. The van der Waals surface area contributed by atoms with E-state index in [2.05, 4.69) is 24.8 Å². The van der Waals surface area contributed by atoms with Crippen LogP contribution in [0.4, 0.5) is 10.2 Å². The first-order valence-corrected chi connectivity index (χ1v) is 9.13. The lowest BCUT2D eigenvalue weighted by atomic mass is 9.71. The average molecular weight is 357 g/mol. The van der Waals surface area contributed by atoms with Gasteiger partial charge in [-0.15, -0.1) is 0 Å². The normalized spacial score (nSPS) is 23.3. The highest BCUT2D eigenvalue weighted by Crippen LogP contribution is 2.41. The zero-order valence-electron chi connectivity index (χ0n) is 14.8. The van der Waals surface area contributed by atoms with E-state index in [-0.39, 0.29) is 17.3 Å². The topological polar surface area (TPSA) is 65.4 Å². The predicted molar refractivity (Wildman–Crippen MR) is 96.0 cm³/mol. The molecule has 4 heterocycles. The Labute approximate surface area is 152 Å². The molecule has 1 spiro atoms. The lowest BCUT2D eigenvalue weighted by molar-refractivity contribution is 0.0242. The fourth-order valence-electron chi connectivity index (χ4n) is 4.30. The molecule has 2 aromatic heterocycles. The number of piperidine rings is 2. The highest BCUT2D eigenvalue weighted by molar-refractivity contribution is 5.37. The first kappa shape index (κ1) is 17.3. The molecule has 2 aliphatic rings. The van der Waals surface area contributed by atoms with Gasteiger partial charge in [-0.3, -0.25) is 14.9 Å². The fraction of sp³-hybridized carbons (Fsp3) is 0.526. The molecule has 138 valence electrons. The maximum Gasteiger partial charge on any atom is 0.147 e. The molecule has 1 atom stereocenters. The van der Waals surface area contributed by atoms with Crippen molar-refractivity contribution in [3.8, 4) is 0 Å². The van der Waals surface area contributed by atoms with E-state index >= 15 is 0 Å². The number of hydrogen-bond donors (Lipinski definition) is 1. The molecule has 1 N–H and O–H groups in total. The number of anilines is 1. The molecule has 1 unspecified atom stereocenters. The van der Waals surface area contributed by atoms with Crippen LogP contribution in [0.2, 0.25) is 0 Å². The summed E-state index contributed by atoms with van der Waals surface area (Å²) in [6.45, 7) is 3.92. The van der Waals surface area contributed by atoms with Crippen molar-refractivity contribution in [2.75, 3.05) is 31.1 Å². The number of nitrogens with zero attached hydrogens (tertiary/aromatic N) is 5. The second-order valence-electron chi connectivity index (χ2n) is 7.55. The summed E-state index contributed by atoms with van der Waals surface area (Å²) < 4.78 is 13.8. The van der Waals surface area contributed by atoms with Gasteiger partial charge in [0.2, 0.25) is 0 Å². The van der Waals surface area contributed by atoms with Crippen molar-refractivity contribution in [1.29, 1.82) is 0 Å². The largest absolute Gasteiger partial charge is 0.391 e. The van der Waals surface area contributed by atoms with E-state index in [1.807, 2.05) is 0 Å². The summed E-state index contributed by atoms with van der Waals surface area (Å²) in [5.74, 6) is 0.585. The molecule has 7 heteroatoms. The lowest BCUT2D eigenvalue weighted by Crippen LogP contribution is -2.54. The Kier molecular flexibility index (Phi) is 4.82. The van der Waals surface area contributed by atoms with Gasteiger partial charge >= 0.3 is 0 Å². The molecule has 0 amide bonds. The van der Waals surface area contributed by atoms with E-state index in [9.17, 15) is 9.50 Å². The van der Waals surface area contributed by atoms with Crippen LogP contribution in [-0.4, -0.2) is 57.2 Å². The molecule has 2 aliphatic heterocycles. The molecule has 2 saturated heterocycles. The van der Waals surface area contributed by atoms with Crippen molar-refractivity contribution in [2.24, 2.45) is 5.41 Å². The van der Waals surface area contributed by atoms with Crippen molar-refractivity contribution in [3.05, 3.63) is 48.4 Å². The summed E-state index contributed by atoms with van der Waals surface area (Å²) in [4.78, 5) is 16.8. The summed E-state index contributed by atoms with van der Waals surface area (Å²) >= 11 is 0. The van der Waals surface area contributed by atoms with E-state index in [1.54, 1.807) is 30.9 Å². The van der Waals surface area contributed by atoms with Gasteiger partial charge in [-0.2, -0.15) is 0 Å². The van der Waals surface area contributed by atoms with Crippen molar-refractivity contribution in [1.82, 2.24) is 19.9 Å². The van der Waals surface area contributed by atoms with E-state index in [1.165, 1.54) is 6.20 Å². The predicted octanol–water partition coefficient (Wildman–Crippen LogP) is 1.86. The van der Waals surface area contributed by atoms with Crippen molar-refractivity contribution in [3.63, 3.8) is 0 Å². The summed E-state index contributed by atoms with van der Waals surface area (Å²) in [6, 6.07) is 1.75. The van der Waals surface area contributed by atoms with E-state index in [0.717, 1.165) is 44.7 Å². The van der Waals surface area contributed by atoms with Gasteiger partial charge in [-0.05, 0) is 43.8 Å². The zero-order valence-corrected chi connectivity index (χ0v) is 14.8. The van der Waals surface area contributed by atoms with Crippen LogP contribution in [0.1, 0.15) is 24.8 Å². The number of likely N-dealkylation sites (tertiary alicyclic amines) is 1. The Bertz CT molecular complexity index is 736. The van der Waals surface area contributed by atoms with Gasteiger partial charge in [0, 0.05) is 43.8 Å². The second-order valence-corrected chi connectivity index (χ2v) is 7.55. The fourth-order valence-corrected chi connectivity index (χ4v) is 4.30. The Morgan fingerprint density at radius 1 is 1.15 bits per heavy atom. The molecule has 6 nitrogen and oxygen atoms in total. The first-order chi connectivity index (χ1) is 12.6. The maximum atomic E-state index is 13.8. The van der Waals surface area contributed by atoms with Gasteiger partial charge in [0.1, 0.15) is 11.6 Å². The Hall–Kier alpha value is -2.12. The van der Waals surface area contributed by atoms with Gasteiger partial charge in [-0.25, -0.2) is 9.37 Å². The molecular formula is C19H24FN5O. The third-order valence-corrected chi connectivity index (χ3v) is 5.67. The molecule has 0 aromatic carbocycles. The third-order valence-electron chi connectivity index (χ3n) is 5.67. The minimum atomic E-state index is -0.352. The molecule has 2 aromatic rings. The summed E-state index contributed by atoms with van der Waals surface area (Å²) in [6.07, 6.45) is 10.5. The number of rotatable bonds is 3. The third kappa shape index (κ3) is 3.68. The average Bonchev–Trinajstić information content (AvgIpc) is 2.66. The molecule has 0 radical (unpaired) electrons. The summed E-state index contributed by atoms with van der Waals surface area (Å²) in [5.41, 5.74) is 0.781. The van der Waals surface area contributed by atoms with Crippen LogP contribution < -0.4 is 4.90 Å². The number of hydrogen-bond acceptors (Lipinski definition) is 6. The van der Waals surface area contributed by atoms with E-state index < -0.39 is 0 Å². The number of halogens is 1. The van der Waals surface area contributed by atoms with Crippen molar-refractivity contribution >= 4 is 5.82 Å². The summed E-state index contributed by atoms with van der Waals surface area (Å²) in [7, 11) is 0. The molecule has 26 heavy (non-hydrogen) atoms. The van der Waals surface area contributed by atoms with Crippen molar-refractivity contribution in [2.45, 2.75) is 31.9 Å². The lowest BCUT2D eigenvalue weighted by Gasteiger charge is -2.49. The number of aliphatic hydroxyl groups is 1. The number of aliphatic hydroxyl groups excluding tert-OH is 1. The molecule has 4 rings (SSSR count). The van der Waals surface area contributed by atoms with Crippen molar-refractivity contribution < 1.29 is 9.50 Å². The Balaban J connectivity index is 1.41. The SMILES string of the molecule is OC1CN(c2cnccn2)CC2(CCN(Cc3ccncc3F)CC2)C1. The van der Waals surface area contributed by atoms with Gasteiger partial charge < -0.3 is 10.0 Å². The number of aromatic nitrogens is 3. The minimum Gasteiger partial charge on any atom is -0.391 e. The second kappa shape index (κ2) is 7.25. The minimum absolute atomic E-state index is 0.0858. The van der Waals surface area contributed by atoms with Gasteiger partial charge in [0.15, 0.2) is 0 Å². The highest BCUT2D eigenvalue weighted by atomic mass is 19.1. The van der Waals surface area contributed by atoms with Crippen LogP contribution in [0.3, 0.4) is 0 Å². The standard InChI is InChI=1S/C19H24FN5O/c20-17-10-21-4-1-15(17)12-24-7-2-19(3-8-24)9-16(26)13-25(14-19)18-11-22-5-6-23-18/h1,4-6,10-11,16,26H,2-3,7-9,12-14H2. The van der Waals surface area contributed by atoms with Crippen LogP contribution in [-0.2, 0) is 6.54 Å². The number of β-amino-alcohol motifs (C(OH)–C–C–N with tert-alkyl or cyclic N) is 1. The Morgan fingerprint density at radius 2 is 1.96 bits per heavy atom. The van der Waals surface area contributed by atoms with E-state index in [0.29, 0.717) is 18.7 Å². The Morgan fingerprint density at radius 3 is 2.69 bits per heavy atom. The van der Waals surface area contributed by atoms with Crippen LogP contribution in [0, 0.1) is 11.2 Å². The first-order valence-electron chi connectivity index (χ1n) is 9.13. The molecule has 2 fully saturated rings. The molecule has 0 bridgehead atoms. The quantitative estimate of drug-likeness (QED) is 0.905. The number of pyridine rings is 1. The van der Waals surface area contributed by atoms with Gasteiger partial charge in [0.25, 0.3) is 0 Å². The van der Waals surface area contributed by atoms with Crippen LogP contribution >= 0.6 is 0 Å². The highest BCUT2D eigenvalue weighted by Gasteiger charge is 2.42. The monoisotopic (exact) mass is 357 g/mol. The van der Waals surface area contributed by atoms with Crippen LogP contribution in [0.5, 0.6) is 0 Å². The van der Waals surface area contributed by atoms with Crippen LogP contribution in [0.15, 0.2) is 37.1 Å². The smallest absolute Gasteiger partial charge is 0.147 e. The molecule has 0 aliphatic carbocycles. The van der Waals surface area contributed by atoms with Gasteiger partial charge in [-0.1, -0.05) is 0 Å². The molecular weight excluding hydrogens is 333 g/mol. The van der Waals surface area contributed by atoms with Gasteiger partial charge in [0.05, 0.1) is 18.5 Å². The zero-order chi connectivity index (χ0) is 18.0. The van der Waals surface area contributed by atoms with Crippen LogP contribution in [0.25, 0.3) is 0 Å². The molecule has 0 saturated carbocycles. The van der Waals surface area contributed by atoms with E-state index in [4.69, 9.17) is 0 Å². The summed E-state index contributed by atoms with van der Waals surface area (Å²) in [5, 5.41) is 10.4.